The molecule has 0 spiro atoms. The molecule has 166 valence electrons. The summed E-state index contributed by atoms with van der Waals surface area (Å²) in [5.41, 5.74) is 6.70. The maximum absolute atomic E-state index is 12.3. The van der Waals surface area contributed by atoms with Crippen LogP contribution in [0.1, 0.15) is 58.8 Å². The van der Waals surface area contributed by atoms with Gasteiger partial charge in [-0.25, -0.2) is 4.98 Å². The molecule has 0 radical (unpaired) electrons. The first kappa shape index (κ1) is 22.1. The van der Waals surface area contributed by atoms with E-state index in [1.165, 1.54) is 44.6 Å². The van der Waals surface area contributed by atoms with Crippen molar-refractivity contribution in [3.8, 4) is 5.88 Å². The number of aromatic amines is 1. The van der Waals surface area contributed by atoms with Crippen LogP contribution in [-0.2, 0) is 0 Å². The number of anilines is 4. The van der Waals surface area contributed by atoms with Crippen molar-refractivity contribution in [2.24, 2.45) is 11.8 Å². The Labute approximate surface area is 176 Å². The smallest absolute Gasteiger partial charge is 0.388 e. The molecule has 2 aromatic rings. The molecule has 0 amide bonds. The van der Waals surface area contributed by atoms with Crippen LogP contribution in [0, 0.1) is 11.8 Å². The molecule has 0 bridgehead atoms. The zero-order chi connectivity index (χ0) is 21.5. The molecule has 0 aliphatic heterocycles. The molecule has 1 aliphatic carbocycles. The average molecular weight is 423 g/mol. The third-order valence-electron chi connectivity index (χ3n) is 5.85. The maximum Gasteiger partial charge on any atom is 0.388 e. The number of hydrogen-bond acceptors (Lipinski definition) is 6. The number of nitrogens with one attached hydrogen (secondary N) is 3. The first-order chi connectivity index (χ1) is 14.4. The standard InChI is InChI=1S/C21H32F2N6O/c1-3-5-15(9-8-14-6-4-7-14)13(2)25-20-16(24)10-11-17(27-20)26-18-12-19(29-28-18)30-21(22)23/h10-15,21H,3-9,24H2,1-2H3,(H3,25,26,27,28,29). The van der Waals surface area contributed by atoms with E-state index in [0.717, 1.165) is 12.3 Å². The van der Waals surface area contributed by atoms with Gasteiger partial charge in [0.2, 0.25) is 5.88 Å². The summed E-state index contributed by atoms with van der Waals surface area (Å²) >= 11 is 0. The number of halogens is 2. The van der Waals surface area contributed by atoms with Crippen molar-refractivity contribution in [1.29, 1.82) is 0 Å². The van der Waals surface area contributed by atoms with Crippen LogP contribution in [0.5, 0.6) is 5.88 Å². The molecule has 7 nitrogen and oxygen atoms in total. The van der Waals surface area contributed by atoms with Gasteiger partial charge in [-0.2, -0.15) is 8.78 Å². The SMILES string of the molecule is CCCC(CCC1CCC1)C(C)Nc1nc(Nc2cc(OC(F)F)n[nH]2)ccc1N. The van der Waals surface area contributed by atoms with E-state index in [2.05, 4.69) is 44.4 Å². The number of rotatable bonds is 12. The summed E-state index contributed by atoms with van der Waals surface area (Å²) in [6, 6.07) is 5.08. The van der Waals surface area contributed by atoms with E-state index in [1.807, 2.05) is 0 Å². The molecule has 0 saturated heterocycles. The Balaban J connectivity index is 1.62. The second-order valence-electron chi connectivity index (χ2n) is 8.11. The van der Waals surface area contributed by atoms with Gasteiger partial charge in [-0.3, -0.25) is 5.10 Å². The quantitative estimate of drug-likeness (QED) is 0.359. The van der Waals surface area contributed by atoms with Gasteiger partial charge in [-0.1, -0.05) is 39.0 Å². The fourth-order valence-corrected chi connectivity index (χ4v) is 3.89. The van der Waals surface area contributed by atoms with Crippen molar-refractivity contribution in [2.45, 2.75) is 71.4 Å². The first-order valence-electron chi connectivity index (χ1n) is 10.7. The molecule has 2 unspecified atom stereocenters. The van der Waals surface area contributed by atoms with Gasteiger partial charge in [-0.05, 0) is 43.7 Å². The molecule has 1 fully saturated rings. The number of H-pyrrole nitrogens is 1. The lowest BCUT2D eigenvalue weighted by molar-refractivity contribution is -0.0528. The second kappa shape index (κ2) is 10.4. The number of nitrogens with zero attached hydrogens (tertiary/aromatic N) is 2. The molecular weight excluding hydrogens is 390 g/mol. The van der Waals surface area contributed by atoms with Crippen molar-refractivity contribution in [2.75, 3.05) is 16.4 Å². The van der Waals surface area contributed by atoms with Gasteiger partial charge < -0.3 is 21.1 Å². The molecule has 2 heterocycles. The molecule has 3 rings (SSSR count). The molecule has 30 heavy (non-hydrogen) atoms. The molecule has 2 aromatic heterocycles. The summed E-state index contributed by atoms with van der Waals surface area (Å²) < 4.78 is 28.8. The second-order valence-corrected chi connectivity index (χ2v) is 8.11. The van der Waals surface area contributed by atoms with E-state index >= 15 is 0 Å². The summed E-state index contributed by atoms with van der Waals surface area (Å²) in [5, 5.41) is 12.8. The zero-order valence-electron chi connectivity index (χ0n) is 17.6. The van der Waals surface area contributed by atoms with E-state index in [1.54, 1.807) is 12.1 Å². The highest BCUT2D eigenvalue weighted by Crippen LogP contribution is 2.34. The molecule has 9 heteroatoms. The van der Waals surface area contributed by atoms with Crippen molar-refractivity contribution in [3.63, 3.8) is 0 Å². The predicted octanol–water partition coefficient (Wildman–Crippen LogP) is 5.53. The maximum atomic E-state index is 12.3. The molecular formula is C21H32F2N6O. The predicted molar refractivity (Wildman–Crippen MR) is 115 cm³/mol. The van der Waals surface area contributed by atoms with Crippen LogP contribution in [0.2, 0.25) is 0 Å². The summed E-state index contributed by atoms with van der Waals surface area (Å²) in [6.45, 7) is 1.48. The van der Waals surface area contributed by atoms with Gasteiger partial charge >= 0.3 is 6.61 Å². The molecule has 0 aromatic carbocycles. The molecule has 1 aliphatic rings. The molecule has 2 atom stereocenters. The Morgan fingerprint density at radius 3 is 2.77 bits per heavy atom. The van der Waals surface area contributed by atoms with E-state index in [0.29, 0.717) is 29.1 Å². The molecule has 1 saturated carbocycles. The van der Waals surface area contributed by atoms with E-state index in [-0.39, 0.29) is 11.9 Å². The Kier molecular flexibility index (Phi) is 7.70. The average Bonchev–Trinajstić information content (AvgIpc) is 3.08. The van der Waals surface area contributed by atoms with Crippen molar-refractivity contribution >= 4 is 23.1 Å². The van der Waals surface area contributed by atoms with Crippen molar-refractivity contribution in [1.82, 2.24) is 15.2 Å². The normalized spacial score (nSPS) is 16.2. The van der Waals surface area contributed by atoms with Crippen LogP contribution in [0.3, 0.4) is 0 Å². The zero-order valence-corrected chi connectivity index (χ0v) is 17.6. The number of nitrogen functional groups attached to an aromatic ring is 1. The number of aromatic nitrogens is 3. The highest BCUT2D eigenvalue weighted by atomic mass is 19.3. The molecule has 5 N–H and O–H groups in total. The lowest BCUT2D eigenvalue weighted by Gasteiger charge is -2.30. The lowest BCUT2D eigenvalue weighted by Crippen LogP contribution is -2.28. The third-order valence-corrected chi connectivity index (χ3v) is 5.85. The van der Waals surface area contributed by atoms with Crippen molar-refractivity contribution < 1.29 is 13.5 Å². The van der Waals surface area contributed by atoms with E-state index in [4.69, 9.17) is 5.73 Å². The van der Waals surface area contributed by atoms with Gasteiger partial charge in [0, 0.05) is 12.1 Å². The largest absolute Gasteiger partial charge is 0.415 e. The van der Waals surface area contributed by atoms with Gasteiger partial charge in [0.15, 0.2) is 5.82 Å². The Hall–Kier alpha value is -2.58. The van der Waals surface area contributed by atoms with Crippen LogP contribution >= 0.6 is 0 Å². The van der Waals surface area contributed by atoms with Crippen LogP contribution in [0.25, 0.3) is 0 Å². The Morgan fingerprint density at radius 2 is 2.10 bits per heavy atom. The summed E-state index contributed by atoms with van der Waals surface area (Å²) in [6.07, 6.45) is 8.95. The minimum Gasteiger partial charge on any atom is -0.415 e. The summed E-state index contributed by atoms with van der Waals surface area (Å²) in [7, 11) is 0. The lowest BCUT2D eigenvalue weighted by atomic mass is 9.79. The monoisotopic (exact) mass is 422 g/mol. The van der Waals surface area contributed by atoms with Gasteiger partial charge in [0.25, 0.3) is 0 Å². The topological polar surface area (TPSA) is 101 Å². The highest BCUT2D eigenvalue weighted by molar-refractivity contribution is 5.66. The van der Waals surface area contributed by atoms with Gasteiger partial charge in [0.1, 0.15) is 11.6 Å². The summed E-state index contributed by atoms with van der Waals surface area (Å²) in [5.74, 6) is 2.80. The van der Waals surface area contributed by atoms with Crippen LogP contribution < -0.4 is 21.1 Å². The minimum absolute atomic E-state index is 0.191. The van der Waals surface area contributed by atoms with Crippen LogP contribution in [-0.4, -0.2) is 27.8 Å². The Morgan fingerprint density at radius 1 is 1.30 bits per heavy atom. The highest BCUT2D eigenvalue weighted by Gasteiger charge is 2.22. The summed E-state index contributed by atoms with van der Waals surface area (Å²) in [4.78, 5) is 4.56. The minimum atomic E-state index is -2.92. The third kappa shape index (κ3) is 6.21. The van der Waals surface area contributed by atoms with Gasteiger partial charge in [0.05, 0.1) is 5.69 Å². The first-order valence-corrected chi connectivity index (χ1v) is 10.7. The van der Waals surface area contributed by atoms with E-state index < -0.39 is 6.61 Å². The van der Waals surface area contributed by atoms with Crippen molar-refractivity contribution in [3.05, 3.63) is 18.2 Å². The number of pyridine rings is 1. The number of ether oxygens (including phenoxy) is 1. The number of nitrogens with two attached hydrogens (primary N) is 1. The van der Waals surface area contributed by atoms with Crippen LogP contribution in [0.15, 0.2) is 18.2 Å². The van der Waals surface area contributed by atoms with E-state index in [9.17, 15) is 8.78 Å². The fourth-order valence-electron chi connectivity index (χ4n) is 3.89. The van der Waals surface area contributed by atoms with Gasteiger partial charge in [-0.15, -0.1) is 5.10 Å². The fraction of sp³-hybridized carbons (Fsp3) is 0.619. The number of hydrogen-bond donors (Lipinski definition) is 4. The Bertz CT molecular complexity index is 796. The number of alkyl halides is 2. The van der Waals surface area contributed by atoms with Crippen LogP contribution in [0.4, 0.5) is 31.9 Å².